The van der Waals surface area contributed by atoms with Crippen molar-refractivity contribution < 1.29 is 4.39 Å². The molecule has 0 spiro atoms. The van der Waals surface area contributed by atoms with Crippen LogP contribution in [0, 0.1) is 6.08 Å². The van der Waals surface area contributed by atoms with Crippen LogP contribution in [-0.2, 0) is 0 Å². The molecule has 0 saturated heterocycles. The predicted octanol–water partition coefficient (Wildman–Crippen LogP) is 1.33. The molecule has 8 heavy (non-hydrogen) atoms. The zero-order chi connectivity index (χ0) is 6.04. The van der Waals surface area contributed by atoms with E-state index < -0.39 is 5.13 Å². The van der Waals surface area contributed by atoms with Gasteiger partial charge in [-0.25, -0.2) is 4.39 Å². The maximum atomic E-state index is 12.4. The van der Waals surface area contributed by atoms with Crippen molar-refractivity contribution >= 4 is 17.8 Å². The van der Waals surface area contributed by atoms with E-state index in [0.29, 0.717) is 6.54 Å². The number of aliphatic imine (C=N–C) groups is 1. The monoisotopic (exact) mass is 132 g/mol. The van der Waals surface area contributed by atoms with Crippen molar-refractivity contribution in [1.82, 2.24) is 0 Å². The number of allylic oxidation sites excluding steroid dienone is 1. The van der Waals surface area contributed by atoms with Gasteiger partial charge in [-0.1, -0.05) is 11.6 Å². The zero-order valence-corrected chi connectivity index (χ0v) is 4.82. The molecule has 0 aromatic carbocycles. The van der Waals surface area contributed by atoms with E-state index in [0.717, 1.165) is 12.3 Å². The second-order valence-electron chi connectivity index (χ2n) is 1.49. The minimum Gasteiger partial charge on any atom is -0.288 e. The molecular formula is C5H4ClFN. The van der Waals surface area contributed by atoms with E-state index in [9.17, 15) is 4.39 Å². The van der Waals surface area contributed by atoms with Crippen molar-refractivity contribution in [1.29, 1.82) is 0 Å². The number of alkyl halides is 2. The van der Waals surface area contributed by atoms with Gasteiger partial charge in [0.2, 0.25) is 5.13 Å². The average molecular weight is 133 g/mol. The molecule has 1 radical (unpaired) electrons. The minimum absolute atomic E-state index is 0.415. The van der Waals surface area contributed by atoms with Crippen LogP contribution in [-0.4, -0.2) is 17.9 Å². The van der Waals surface area contributed by atoms with Crippen molar-refractivity contribution in [3.05, 3.63) is 12.2 Å². The van der Waals surface area contributed by atoms with Crippen LogP contribution in [0.1, 0.15) is 0 Å². The summed E-state index contributed by atoms with van der Waals surface area (Å²) in [5.41, 5.74) is 0. The zero-order valence-electron chi connectivity index (χ0n) is 4.06. The highest BCUT2D eigenvalue weighted by Crippen LogP contribution is 2.17. The molecule has 1 aliphatic rings. The first-order chi connectivity index (χ1) is 3.71. The second kappa shape index (κ2) is 1.86. The van der Waals surface area contributed by atoms with Crippen LogP contribution in [0.3, 0.4) is 0 Å². The standard InChI is InChI=1S/C5H4ClFN/c6-5(7)2-1-3-8-4-5/h2,4H,3H2. The van der Waals surface area contributed by atoms with Gasteiger partial charge in [-0.05, 0) is 12.2 Å². The fourth-order valence-corrected chi connectivity index (χ4v) is 0.585. The van der Waals surface area contributed by atoms with E-state index in [1.165, 1.54) is 0 Å². The normalized spacial score (nSPS) is 35.8. The fourth-order valence-electron chi connectivity index (χ4n) is 0.439. The summed E-state index contributed by atoms with van der Waals surface area (Å²) in [6.45, 7) is 0.415. The van der Waals surface area contributed by atoms with Gasteiger partial charge in [-0.15, -0.1) is 0 Å². The summed E-state index contributed by atoms with van der Waals surface area (Å²) in [5.74, 6) is 0. The van der Waals surface area contributed by atoms with Gasteiger partial charge in [-0.3, -0.25) is 4.99 Å². The highest BCUT2D eigenvalue weighted by Gasteiger charge is 2.20. The van der Waals surface area contributed by atoms with E-state index in [1.54, 1.807) is 0 Å². The lowest BCUT2D eigenvalue weighted by Gasteiger charge is -2.07. The predicted molar refractivity (Wildman–Crippen MR) is 30.9 cm³/mol. The van der Waals surface area contributed by atoms with Gasteiger partial charge >= 0.3 is 0 Å². The smallest absolute Gasteiger partial charge is 0.237 e. The summed E-state index contributed by atoms with van der Waals surface area (Å²) >= 11 is 5.14. The molecule has 3 heteroatoms. The Hall–Kier alpha value is -0.370. The molecule has 0 N–H and O–H groups in total. The van der Waals surface area contributed by atoms with Crippen molar-refractivity contribution in [3.63, 3.8) is 0 Å². The first kappa shape index (κ1) is 5.76. The number of dihydropyridines is 1. The SMILES string of the molecule is FC1(Cl)C=[C]CN=C1. The van der Waals surface area contributed by atoms with E-state index in [1.807, 2.05) is 0 Å². The molecule has 1 aliphatic heterocycles. The summed E-state index contributed by atoms with van der Waals surface area (Å²) in [5, 5.41) is -1.88. The fraction of sp³-hybridized carbons (Fsp3) is 0.400. The summed E-state index contributed by atoms with van der Waals surface area (Å²) in [7, 11) is 0. The lowest BCUT2D eigenvalue weighted by atomic mass is 10.3. The third kappa shape index (κ3) is 1.30. The molecule has 0 aromatic rings. The Labute approximate surface area is 51.9 Å². The van der Waals surface area contributed by atoms with Crippen molar-refractivity contribution in [2.45, 2.75) is 5.13 Å². The molecule has 1 heterocycles. The van der Waals surface area contributed by atoms with Crippen LogP contribution in [0.2, 0.25) is 0 Å². The van der Waals surface area contributed by atoms with Gasteiger partial charge in [0, 0.05) is 0 Å². The highest BCUT2D eigenvalue weighted by atomic mass is 35.5. The van der Waals surface area contributed by atoms with Crippen LogP contribution in [0.15, 0.2) is 11.1 Å². The lowest BCUT2D eigenvalue weighted by molar-refractivity contribution is 0.444. The van der Waals surface area contributed by atoms with Gasteiger partial charge < -0.3 is 0 Å². The summed E-state index contributed by atoms with van der Waals surface area (Å²) < 4.78 is 12.4. The van der Waals surface area contributed by atoms with Crippen LogP contribution >= 0.6 is 11.6 Å². The number of rotatable bonds is 0. The third-order valence-electron chi connectivity index (χ3n) is 0.740. The molecule has 1 rings (SSSR count). The molecule has 0 saturated carbocycles. The van der Waals surface area contributed by atoms with E-state index in [2.05, 4.69) is 11.1 Å². The van der Waals surface area contributed by atoms with Crippen LogP contribution in [0.4, 0.5) is 4.39 Å². The van der Waals surface area contributed by atoms with E-state index in [4.69, 9.17) is 11.6 Å². The van der Waals surface area contributed by atoms with Crippen molar-refractivity contribution in [3.8, 4) is 0 Å². The molecule has 1 unspecified atom stereocenters. The quantitative estimate of drug-likeness (QED) is 0.441. The average Bonchev–Trinajstić information content (AvgIpc) is 1.65. The molecule has 0 amide bonds. The Morgan fingerprint density at radius 2 is 2.62 bits per heavy atom. The Morgan fingerprint density at radius 1 is 1.88 bits per heavy atom. The number of halogens is 2. The Bertz CT molecular complexity index is 125. The summed E-state index contributed by atoms with van der Waals surface area (Å²) in [4.78, 5) is 3.56. The van der Waals surface area contributed by atoms with E-state index >= 15 is 0 Å². The van der Waals surface area contributed by atoms with Gasteiger partial charge in [0.1, 0.15) is 0 Å². The molecule has 0 bridgehead atoms. The first-order valence-electron chi connectivity index (χ1n) is 2.17. The number of nitrogens with zero attached hydrogens (tertiary/aromatic N) is 1. The largest absolute Gasteiger partial charge is 0.288 e. The Kier molecular flexibility index (Phi) is 1.34. The highest BCUT2D eigenvalue weighted by molar-refractivity contribution is 6.32. The topological polar surface area (TPSA) is 12.4 Å². The second-order valence-corrected chi connectivity index (χ2v) is 2.07. The van der Waals surface area contributed by atoms with E-state index in [-0.39, 0.29) is 0 Å². The first-order valence-corrected chi connectivity index (χ1v) is 2.55. The Balaban J connectivity index is 2.69. The van der Waals surface area contributed by atoms with Gasteiger partial charge in [0.15, 0.2) is 0 Å². The van der Waals surface area contributed by atoms with Gasteiger partial charge in [0.05, 0.1) is 12.8 Å². The number of hydrogen-bond donors (Lipinski definition) is 0. The molecule has 0 aromatic heterocycles. The molecule has 0 fully saturated rings. The van der Waals surface area contributed by atoms with Crippen molar-refractivity contribution in [2.24, 2.45) is 4.99 Å². The molecule has 1 atom stereocenters. The summed E-state index contributed by atoms with van der Waals surface area (Å²) in [6.07, 6.45) is 4.76. The van der Waals surface area contributed by atoms with Gasteiger partial charge in [-0.2, -0.15) is 0 Å². The van der Waals surface area contributed by atoms with Gasteiger partial charge in [0.25, 0.3) is 0 Å². The molecular weight excluding hydrogens is 129 g/mol. The molecule has 0 aliphatic carbocycles. The van der Waals surface area contributed by atoms with Crippen LogP contribution < -0.4 is 0 Å². The maximum absolute atomic E-state index is 12.4. The van der Waals surface area contributed by atoms with Crippen LogP contribution in [0.5, 0.6) is 0 Å². The number of hydrogen-bond acceptors (Lipinski definition) is 1. The third-order valence-corrected chi connectivity index (χ3v) is 0.947. The van der Waals surface area contributed by atoms with Crippen molar-refractivity contribution in [2.75, 3.05) is 6.54 Å². The summed E-state index contributed by atoms with van der Waals surface area (Å²) in [6, 6.07) is 0. The minimum atomic E-state index is -1.88. The molecule has 43 valence electrons. The lowest BCUT2D eigenvalue weighted by Crippen LogP contribution is -2.15. The maximum Gasteiger partial charge on any atom is 0.237 e. The molecule has 1 nitrogen and oxygen atoms in total. The van der Waals surface area contributed by atoms with Crippen LogP contribution in [0.25, 0.3) is 0 Å². The Morgan fingerprint density at radius 3 is 2.88 bits per heavy atom.